The lowest BCUT2D eigenvalue weighted by Gasteiger charge is -1.93. The van der Waals surface area contributed by atoms with E-state index in [1.54, 1.807) is 6.92 Å². The molecule has 62 valence electrons. The summed E-state index contributed by atoms with van der Waals surface area (Å²) in [5.41, 5.74) is 6.30. The van der Waals surface area contributed by atoms with Gasteiger partial charge in [0.05, 0.1) is 23.8 Å². The van der Waals surface area contributed by atoms with Crippen LogP contribution < -0.4 is 5.73 Å². The van der Waals surface area contributed by atoms with Crippen LogP contribution in [0.1, 0.15) is 5.69 Å². The SMILES string of the molecule is Cc1nn(S(C)(=O)=O)cc1N. The summed E-state index contributed by atoms with van der Waals surface area (Å²) in [5.74, 6) is 0. The van der Waals surface area contributed by atoms with Crippen LogP contribution in [0.25, 0.3) is 0 Å². The fourth-order valence-electron chi connectivity index (χ4n) is 0.617. The van der Waals surface area contributed by atoms with Crippen LogP contribution in [-0.2, 0) is 10.0 Å². The zero-order chi connectivity index (χ0) is 8.65. The summed E-state index contributed by atoms with van der Waals surface area (Å²) < 4.78 is 22.5. The molecule has 0 atom stereocenters. The van der Waals surface area contributed by atoms with Gasteiger partial charge in [-0.3, -0.25) is 0 Å². The molecule has 2 N–H and O–H groups in total. The molecule has 0 aliphatic heterocycles. The third-order valence-corrected chi connectivity index (χ3v) is 2.12. The average molecular weight is 175 g/mol. The van der Waals surface area contributed by atoms with Crippen molar-refractivity contribution < 1.29 is 8.42 Å². The summed E-state index contributed by atoms with van der Waals surface area (Å²) in [6.45, 7) is 1.65. The van der Waals surface area contributed by atoms with Gasteiger partial charge < -0.3 is 5.73 Å². The Balaban J connectivity index is 3.29. The molecule has 0 spiro atoms. The van der Waals surface area contributed by atoms with E-state index in [2.05, 4.69) is 5.10 Å². The summed E-state index contributed by atoms with van der Waals surface area (Å²) in [7, 11) is -3.28. The van der Waals surface area contributed by atoms with Crippen molar-refractivity contribution in [3.8, 4) is 0 Å². The molecule has 1 rings (SSSR count). The largest absolute Gasteiger partial charge is 0.396 e. The highest BCUT2D eigenvalue weighted by Gasteiger charge is 2.08. The second-order valence-electron chi connectivity index (χ2n) is 2.31. The molecule has 0 fully saturated rings. The number of hydrogen-bond donors (Lipinski definition) is 1. The molecule has 0 radical (unpaired) electrons. The number of aromatic nitrogens is 2. The summed E-state index contributed by atoms with van der Waals surface area (Å²) in [4.78, 5) is 0. The minimum absolute atomic E-state index is 0.385. The highest BCUT2D eigenvalue weighted by molar-refractivity contribution is 7.89. The number of anilines is 1. The predicted octanol–water partition coefficient (Wildman–Crippen LogP) is -0.419. The first-order valence-electron chi connectivity index (χ1n) is 2.93. The lowest BCUT2D eigenvalue weighted by molar-refractivity contribution is 0.586. The van der Waals surface area contributed by atoms with Gasteiger partial charge in [0.25, 0.3) is 10.0 Å². The number of rotatable bonds is 1. The van der Waals surface area contributed by atoms with E-state index in [0.29, 0.717) is 11.4 Å². The Hall–Kier alpha value is -1.04. The maximum absolute atomic E-state index is 10.8. The van der Waals surface area contributed by atoms with Crippen molar-refractivity contribution in [2.24, 2.45) is 0 Å². The van der Waals surface area contributed by atoms with Crippen molar-refractivity contribution in [3.63, 3.8) is 0 Å². The zero-order valence-electron chi connectivity index (χ0n) is 6.27. The lowest BCUT2D eigenvalue weighted by atomic mass is 10.4. The molecular weight excluding hydrogens is 166 g/mol. The zero-order valence-corrected chi connectivity index (χ0v) is 7.09. The number of nitrogen functional groups attached to an aromatic ring is 1. The Kier molecular flexibility index (Phi) is 1.63. The van der Waals surface area contributed by atoms with Gasteiger partial charge in [0.1, 0.15) is 0 Å². The predicted molar refractivity (Wildman–Crippen MR) is 41.6 cm³/mol. The molecule has 1 aromatic heterocycles. The Morgan fingerprint density at radius 3 is 2.36 bits per heavy atom. The smallest absolute Gasteiger partial charge is 0.250 e. The average Bonchev–Trinajstić information content (AvgIpc) is 2.11. The Morgan fingerprint density at radius 1 is 1.64 bits per heavy atom. The normalized spacial score (nSPS) is 11.8. The second-order valence-corrected chi connectivity index (χ2v) is 4.15. The number of hydrogen-bond acceptors (Lipinski definition) is 4. The van der Waals surface area contributed by atoms with E-state index in [1.165, 1.54) is 6.20 Å². The van der Waals surface area contributed by atoms with Crippen LogP contribution in [-0.4, -0.2) is 23.9 Å². The van der Waals surface area contributed by atoms with Crippen LogP contribution in [0.5, 0.6) is 0 Å². The van der Waals surface area contributed by atoms with E-state index < -0.39 is 10.0 Å². The van der Waals surface area contributed by atoms with Crippen molar-refractivity contribution in [2.75, 3.05) is 12.0 Å². The molecule has 0 unspecified atom stereocenters. The van der Waals surface area contributed by atoms with Gasteiger partial charge in [0.2, 0.25) is 0 Å². The van der Waals surface area contributed by atoms with Crippen LogP contribution in [0.3, 0.4) is 0 Å². The first-order chi connectivity index (χ1) is 4.91. The molecule has 0 aliphatic carbocycles. The molecule has 1 heterocycles. The summed E-state index contributed by atoms with van der Waals surface area (Å²) >= 11 is 0. The van der Waals surface area contributed by atoms with Gasteiger partial charge in [-0.15, -0.1) is 0 Å². The van der Waals surface area contributed by atoms with E-state index in [9.17, 15) is 8.42 Å². The molecule has 1 aromatic rings. The number of nitrogens with zero attached hydrogens (tertiary/aromatic N) is 2. The van der Waals surface area contributed by atoms with E-state index in [4.69, 9.17) is 5.73 Å². The van der Waals surface area contributed by atoms with E-state index in [-0.39, 0.29) is 0 Å². The molecule has 5 nitrogen and oxygen atoms in total. The van der Waals surface area contributed by atoms with Crippen LogP contribution in [0.4, 0.5) is 5.69 Å². The van der Waals surface area contributed by atoms with Crippen molar-refractivity contribution >= 4 is 15.7 Å². The topological polar surface area (TPSA) is 78.0 Å². The van der Waals surface area contributed by atoms with Crippen LogP contribution in [0, 0.1) is 6.92 Å². The maximum atomic E-state index is 10.8. The molecular formula is C5H9N3O2S. The number of aryl methyl sites for hydroxylation is 1. The first-order valence-corrected chi connectivity index (χ1v) is 4.78. The van der Waals surface area contributed by atoms with E-state index in [1.807, 2.05) is 0 Å². The van der Waals surface area contributed by atoms with Gasteiger partial charge >= 0.3 is 0 Å². The molecule has 11 heavy (non-hydrogen) atoms. The molecule has 0 aromatic carbocycles. The second kappa shape index (κ2) is 2.23. The molecule has 0 amide bonds. The highest BCUT2D eigenvalue weighted by Crippen LogP contribution is 2.07. The molecule has 0 saturated carbocycles. The van der Waals surface area contributed by atoms with Crippen LogP contribution in [0.15, 0.2) is 6.20 Å². The van der Waals surface area contributed by atoms with E-state index >= 15 is 0 Å². The van der Waals surface area contributed by atoms with Gasteiger partial charge in [0.15, 0.2) is 0 Å². The quantitative estimate of drug-likeness (QED) is 0.629. The van der Waals surface area contributed by atoms with E-state index in [0.717, 1.165) is 10.3 Å². The Labute approximate surface area is 64.9 Å². The summed E-state index contributed by atoms with van der Waals surface area (Å²) in [6.07, 6.45) is 2.35. The van der Waals surface area contributed by atoms with Gasteiger partial charge in [0, 0.05) is 0 Å². The van der Waals surface area contributed by atoms with Gasteiger partial charge in [-0.05, 0) is 6.92 Å². The minimum atomic E-state index is -3.28. The van der Waals surface area contributed by atoms with Crippen molar-refractivity contribution in [1.29, 1.82) is 0 Å². The number of nitrogens with two attached hydrogens (primary N) is 1. The van der Waals surface area contributed by atoms with Gasteiger partial charge in [-0.1, -0.05) is 0 Å². The fraction of sp³-hybridized carbons (Fsp3) is 0.400. The Morgan fingerprint density at radius 2 is 2.18 bits per heavy atom. The standard InChI is InChI=1S/C5H9N3O2S/c1-4-5(6)3-8(7-4)11(2,9)10/h3H,6H2,1-2H3. The van der Waals surface area contributed by atoms with Crippen molar-refractivity contribution in [3.05, 3.63) is 11.9 Å². The maximum Gasteiger partial charge on any atom is 0.250 e. The fourth-order valence-corrected chi connectivity index (χ4v) is 1.19. The third kappa shape index (κ3) is 1.51. The highest BCUT2D eigenvalue weighted by atomic mass is 32.2. The van der Waals surface area contributed by atoms with Gasteiger partial charge in [-0.2, -0.15) is 9.19 Å². The third-order valence-electron chi connectivity index (χ3n) is 1.26. The minimum Gasteiger partial charge on any atom is -0.396 e. The monoisotopic (exact) mass is 175 g/mol. The van der Waals surface area contributed by atoms with Crippen LogP contribution >= 0.6 is 0 Å². The van der Waals surface area contributed by atoms with Crippen molar-refractivity contribution in [2.45, 2.75) is 6.92 Å². The van der Waals surface area contributed by atoms with Gasteiger partial charge in [-0.25, -0.2) is 8.42 Å². The molecule has 0 bridgehead atoms. The molecule has 0 saturated heterocycles. The van der Waals surface area contributed by atoms with Crippen molar-refractivity contribution in [1.82, 2.24) is 9.19 Å². The molecule has 6 heteroatoms. The summed E-state index contributed by atoms with van der Waals surface area (Å²) in [6, 6.07) is 0. The lowest BCUT2D eigenvalue weighted by Crippen LogP contribution is -2.10. The van der Waals surface area contributed by atoms with Crippen LogP contribution in [0.2, 0.25) is 0 Å². The Bertz CT molecular complexity index is 346. The first kappa shape index (κ1) is 8.06. The summed E-state index contributed by atoms with van der Waals surface area (Å²) in [5, 5.41) is 3.69. The molecule has 0 aliphatic rings.